The lowest BCUT2D eigenvalue weighted by atomic mass is 10.1. The molecule has 0 heterocycles. The molecule has 0 fully saturated rings. The van der Waals surface area contributed by atoms with E-state index in [0.717, 1.165) is 5.56 Å². The minimum atomic E-state index is -0.909. The Labute approximate surface area is 87.9 Å². The van der Waals surface area contributed by atoms with E-state index in [2.05, 4.69) is 6.58 Å². The molecule has 1 N–H and O–H groups in total. The van der Waals surface area contributed by atoms with Gasteiger partial charge in [-0.3, -0.25) is 0 Å². The average Bonchev–Trinajstić information content (AvgIpc) is 2.05. The first kappa shape index (κ1) is 11.2. The van der Waals surface area contributed by atoms with Gasteiger partial charge < -0.3 is 5.11 Å². The van der Waals surface area contributed by atoms with Crippen molar-refractivity contribution < 1.29 is 9.90 Å². The number of carboxylic acid groups (broad SMARTS) is 1. The molecule has 0 aliphatic rings. The molecule has 0 atom stereocenters. The van der Waals surface area contributed by atoms with Gasteiger partial charge in [0, 0.05) is 0 Å². The number of aromatic carboxylic acids is 1. The Bertz CT molecular complexity index is 294. The summed E-state index contributed by atoms with van der Waals surface area (Å²) in [5.41, 5.74) is 1.12. The third-order valence-corrected chi connectivity index (χ3v) is 1.37. The van der Waals surface area contributed by atoms with Crippen LogP contribution in [0, 0.1) is 0 Å². The number of benzene rings is 1. The fourth-order valence-corrected chi connectivity index (χ4v) is 0.799. The molecule has 1 aromatic carbocycles. The van der Waals surface area contributed by atoms with Crippen molar-refractivity contribution >= 4 is 36.0 Å². The summed E-state index contributed by atoms with van der Waals surface area (Å²) >= 11 is 0. The fourth-order valence-electron chi connectivity index (χ4n) is 0.799. The second-order valence-electron chi connectivity index (χ2n) is 2.13. The molecule has 3 heteroatoms. The Morgan fingerprint density at radius 3 is 2.67 bits per heavy atom. The fraction of sp³-hybridized carbons (Fsp3) is 0. The summed E-state index contributed by atoms with van der Waals surface area (Å²) in [6.07, 6.45) is 1.62. The normalized spacial score (nSPS) is 8.33. The smallest absolute Gasteiger partial charge is 0.335 e. The van der Waals surface area contributed by atoms with Crippen LogP contribution in [0.5, 0.6) is 0 Å². The molecule has 0 radical (unpaired) electrons. The largest absolute Gasteiger partial charge is 0.478 e. The van der Waals surface area contributed by atoms with Crippen molar-refractivity contribution in [2.75, 3.05) is 0 Å². The van der Waals surface area contributed by atoms with E-state index in [1.165, 1.54) is 0 Å². The highest BCUT2D eigenvalue weighted by atomic mass is 127. The van der Waals surface area contributed by atoms with E-state index in [0.29, 0.717) is 5.56 Å². The number of rotatable bonds is 2. The van der Waals surface area contributed by atoms with Gasteiger partial charge in [-0.1, -0.05) is 24.8 Å². The van der Waals surface area contributed by atoms with Gasteiger partial charge in [-0.05, 0) is 17.7 Å². The van der Waals surface area contributed by atoms with Crippen molar-refractivity contribution in [3.8, 4) is 0 Å². The topological polar surface area (TPSA) is 37.3 Å². The quantitative estimate of drug-likeness (QED) is 0.843. The predicted molar refractivity (Wildman–Crippen MR) is 58.9 cm³/mol. The molecule has 0 unspecified atom stereocenters. The van der Waals surface area contributed by atoms with Crippen LogP contribution in [0.1, 0.15) is 15.9 Å². The number of hydrogen-bond donors (Lipinski definition) is 1. The van der Waals surface area contributed by atoms with Gasteiger partial charge in [0.15, 0.2) is 0 Å². The summed E-state index contributed by atoms with van der Waals surface area (Å²) in [6, 6.07) is 6.63. The summed E-state index contributed by atoms with van der Waals surface area (Å²) in [5.74, 6) is -0.909. The maximum atomic E-state index is 10.4. The Hall–Kier alpha value is -0.840. The zero-order valence-electron chi connectivity index (χ0n) is 6.36. The zero-order valence-corrected chi connectivity index (χ0v) is 8.69. The van der Waals surface area contributed by atoms with Gasteiger partial charge in [-0.15, -0.1) is 24.0 Å². The maximum Gasteiger partial charge on any atom is 0.335 e. The number of hydrogen-bond acceptors (Lipinski definition) is 1. The van der Waals surface area contributed by atoms with Gasteiger partial charge in [-0.25, -0.2) is 4.79 Å². The Morgan fingerprint density at radius 2 is 2.17 bits per heavy atom. The first-order valence-corrected chi connectivity index (χ1v) is 3.20. The summed E-state index contributed by atoms with van der Waals surface area (Å²) in [5, 5.41) is 8.57. The Balaban J connectivity index is 0.00000121. The number of carboxylic acids is 1. The minimum Gasteiger partial charge on any atom is -0.478 e. The van der Waals surface area contributed by atoms with Gasteiger partial charge in [0.2, 0.25) is 0 Å². The molecule has 1 rings (SSSR count). The molecule has 1 aromatic rings. The van der Waals surface area contributed by atoms with Crippen LogP contribution in [0.3, 0.4) is 0 Å². The van der Waals surface area contributed by atoms with Crippen molar-refractivity contribution in [3.05, 3.63) is 42.0 Å². The van der Waals surface area contributed by atoms with E-state index in [1.807, 2.05) is 0 Å². The molecule has 0 aromatic heterocycles. The van der Waals surface area contributed by atoms with Gasteiger partial charge in [0.25, 0.3) is 0 Å². The van der Waals surface area contributed by atoms with Gasteiger partial charge >= 0.3 is 5.97 Å². The standard InChI is InChI=1S/C9H8O2.HI/c1-2-7-4-3-5-8(6-7)9(10)11;/h2-6H,1H2,(H,10,11);1H. The van der Waals surface area contributed by atoms with Crippen LogP contribution in [0.4, 0.5) is 0 Å². The number of halogens is 1. The lowest BCUT2D eigenvalue weighted by Gasteiger charge is -1.94. The molecular weight excluding hydrogens is 267 g/mol. The van der Waals surface area contributed by atoms with Gasteiger partial charge in [0.05, 0.1) is 5.56 Å². The van der Waals surface area contributed by atoms with E-state index >= 15 is 0 Å². The zero-order chi connectivity index (χ0) is 8.27. The second-order valence-corrected chi connectivity index (χ2v) is 2.13. The van der Waals surface area contributed by atoms with Gasteiger partial charge in [-0.2, -0.15) is 0 Å². The monoisotopic (exact) mass is 276 g/mol. The van der Waals surface area contributed by atoms with E-state index in [-0.39, 0.29) is 24.0 Å². The van der Waals surface area contributed by atoms with Crippen LogP contribution in [0.2, 0.25) is 0 Å². The van der Waals surface area contributed by atoms with Crippen LogP contribution >= 0.6 is 24.0 Å². The third-order valence-electron chi connectivity index (χ3n) is 1.37. The lowest BCUT2D eigenvalue weighted by Crippen LogP contribution is -1.95. The van der Waals surface area contributed by atoms with Crippen molar-refractivity contribution in [3.63, 3.8) is 0 Å². The molecule has 12 heavy (non-hydrogen) atoms. The molecule has 0 aliphatic carbocycles. The molecule has 0 saturated heterocycles. The first-order chi connectivity index (χ1) is 5.24. The van der Waals surface area contributed by atoms with E-state index in [1.54, 1.807) is 30.3 Å². The van der Waals surface area contributed by atoms with E-state index in [4.69, 9.17) is 5.11 Å². The molecule has 0 saturated carbocycles. The summed E-state index contributed by atoms with van der Waals surface area (Å²) < 4.78 is 0. The molecule has 0 amide bonds. The van der Waals surface area contributed by atoms with Crippen molar-refractivity contribution in [2.24, 2.45) is 0 Å². The van der Waals surface area contributed by atoms with Crippen LogP contribution < -0.4 is 0 Å². The highest BCUT2D eigenvalue weighted by molar-refractivity contribution is 14.0. The molecule has 64 valence electrons. The molecule has 2 nitrogen and oxygen atoms in total. The maximum absolute atomic E-state index is 10.4. The van der Waals surface area contributed by atoms with Crippen LogP contribution in [0.15, 0.2) is 30.8 Å². The number of carbonyl (C=O) groups is 1. The predicted octanol–water partition coefficient (Wildman–Crippen LogP) is 2.65. The molecule has 0 aliphatic heterocycles. The van der Waals surface area contributed by atoms with E-state index in [9.17, 15) is 4.79 Å². The molecule has 0 bridgehead atoms. The summed E-state index contributed by atoms with van der Waals surface area (Å²) in [6.45, 7) is 3.54. The van der Waals surface area contributed by atoms with Crippen molar-refractivity contribution in [2.45, 2.75) is 0 Å². The Morgan fingerprint density at radius 1 is 1.50 bits per heavy atom. The highest BCUT2D eigenvalue weighted by Gasteiger charge is 2.00. The Kier molecular flexibility index (Phi) is 4.58. The van der Waals surface area contributed by atoms with Gasteiger partial charge in [0.1, 0.15) is 0 Å². The lowest BCUT2D eigenvalue weighted by molar-refractivity contribution is 0.0697. The summed E-state index contributed by atoms with van der Waals surface area (Å²) in [4.78, 5) is 10.4. The average molecular weight is 276 g/mol. The first-order valence-electron chi connectivity index (χ1n) is 3.20. The van der Waals surface area contributed by atoms with Crippen LogP contribution in [-0.4, -0.2) is 11.1 Å². The SMILES string of the molecule is C=Cc1cccc(C(=O)O)c1.I. The van der Waals surface area contributed by atoms with E-state index < -0.39 is 5.97 Å². The molecular formula is C9H9IO2. The van der Waals surface area contributed by atoms with Crippen LogP contribution in [-0.2, 0) is 0 Å². The van der Waals surface area contributed by atoms with Crippen LogP contribution in [0.25, 0.3) is 6.08 Å². The second kappa shape index (κ2) is 4.92. The van der Waals surface area contributed by atoms with Crippen molar-refractivity contribution in [1.82, 2.24) is 0 Å². The highest BCUT2D eigenvalue weighted by Crippen LogP contribution is 2.05. The molecule has 0 spiro atoms. The van der Waals surface area contributed by atoms with Crippen molar-refractivity contribution in [1.29, 1.82) is 0 Å². The summed E-state index contributed by atoms with van der Waals surface area (Å²) in [7, 11) is 0. The third kappa shape index (κ3) is 2.65. The minimum absolute atomic E-state index is 0.